The number of ether oxygens (including phenoxy) is 2. The molecule has 138 valence electrons. The van der Waals surface area contributed by atoms with E-state index in [0.717, 1.165) is 29.7 Å². The second-order valence-corrected chi connectivity index (χ2v) is 8.59. The van der Waals surface area contributed by atoms with Gasteiger partial charge in [-0.1, -0.05) is 12.1 Å². The number of alkyl halides is 1. The lowest BCUT2D eigenvalue weighted by atomic mass is 9.82. The van der Waals surface area contributed by atoms with Crippen molar-refractivity contribution in [1.82, 2.24) is 0 Å². The minimum Gasteiger partial charge on any atom is -0.475 e. The van der Waals surface area contributed by atoms with Crippen molar-refractivity contribution >= 4 is 5.97 Å². The van der Waals surface area contributed by atoms with Gasteiger partial charge in [0.25, 0.3) is 0 Å². The third kappa shape index (κ3) is 4.34. The summed E-state index contributed by atoms with van der Waals surface area (Å²) in [4.78, 5) is 12.6. The molecule has 3 rings (SSSR count). The van der Waals surface area contributed by atoms with Crippen LogP contribution in [0.3, 0.4) is 0 Å². The molecule has 2 saturated carbocycles. The van der Waals surface area contributed by atoms with E-state index in [0.29, 0.717) is 31.6 Å². The number of halogens is 1. The van der Waals surface area contributed by atoms with Gasteiger partial charge in [0.05, 0.1) is 0 Å². The molecule has 0 unspecified atom stereocenters. The van der Waals surface area contributed by atoms with Crippen molar-refractivity contribution in [1.29, 1.82) is 0 Å². The average molecular weight is 348 g/mol. The first-order valence-electron chi connectivity index (χ1n) is 9.36. The fourth-order valence-electron chi connectivity index (χ4n) is 3.47. The predicted octanol–water partition coefficient (Wildman–Crippen LogP) is 5.24. The third-order valence-electron chi connectivity index (χ3n) is 5.05. The van der Waals surface area contributed by atoms with Crippen molar-refractivity contribution in [3.63, 3.8) is 0 Å². The molecule has 2 aliphatic rings. The molecule has 0 atom stereocenters. The lowest BCUT2D eigenvalue weighted by Gasteiger charge is -2.29. The van der Waals surface area contributed by atoms with Crippen LogP contribution in [0, 0.1) is 6.92 Å². The maximum absolute atomic E-state index is 13.5. The number of esters is 1. The molecule has 4 heteroatoms. The molecule has 0 aromatic heterocycles. The molecule has 0 spiro atoms. The van der Waals surface area contributed by atoms with E-state index in [1.54, 1.807) is 0 Å². The van der Waals surface area contributed by atoms with Crippen LogP contribution in [0.1, 0.15) is 76.3 Å². The summed E-state index contributed by atoms with van der Waals surface area (Å²) in [5.41, 5.74) is 0.836. The van der Waals surface area contributed by atoms with E-state index in [1.165, 1.54) is 0 Å². The SMILES string of the molecule is Cc1ccc(C2CCC(F)CC2)c(OC2(C(=O)OC(C)(C)C)CC2)c1. The van der Waals surface area contributed by atoms with E-state index < -0.39 is 17.4 Å². The molecule has 1 aromatic carbocycles. The Morgan fingerprint density at radius 2 is 1.80 bits per heavy atom. The van der Waals surface area contributed by atoms with Gasteiger partial charge in [-0.05, 0) is 76.5 Å². The van der Waals surface area contributed by atoms with Crippen LogP contribution in [-0.2, 0) is 9.53 Å². The van der Waals surface area contributed by atoms with Crippen molar-refractivity contribution < 1.29 is 18.7 Å². The second-order valence-electron chi connectivity index (χ2n) is 8.59. The topological polar surface area (TPSA) is 35.5 Å². The molecule has 2 fully saturated rings. The zero-order valence-corrected chi connectivity index (χ0v) is 15.7. The smallest absolute Gasteiger partial charge is 0.351 e. The van der Waals surface area contributed by atoms with Crippen LogP contribution in [0.25, 0.3) is 0 Å². The molecule has 0 aliphatic heterocycles. The molecule has 0 bridgehead atoms. The van der Waals surface area contributed by atoms with Crippen molar-refractivity contribution in [2.45, 2.75) is 89.5 Å². The molecular formula is C21H29FO3. The lowest BCUT2D eigenvalue weighted by Crippen LogP contribution is -2.37. The number of carbonyl (C=O) groups is 1. The van der Waals surface area contributed by atoms with E-state index in [9.17, 15) is 9.18 Å². The minimum atomic E-state index is -0.840. The summed E-state index contributed by atoms with van der Waals surface area (Å²) in [5.74, 6) is 0.794. The van der Waals surface area contributed by atoms with E-state index in [-0.39, 0.29) is 5.97 Å². The Morgan fingerprint density at radius 1 is 1.16 bits per heavy atom. The zero-order valence-electron chi connectivity index (χ0n) is 15.7. The summed E-state index contributed by atoms with van der Waals surface area (Å²) in [5, 5.41) is 0. The second kappa shape index (κ2) is 6.62. The summed E-state index contributed by atoms with van der Waals surface area (Å²) in [7, 11) is 0. The van der Waals surface area contributed by atoms with Crippen LogP contribution in [-0.4, -0.2) is 23.3 Å². The number of carbonyl (C=O) groups excluding carboxylic acids is 1. The fraction of sp³-hybridized carbons (Fsp3) is 0.667. The van der Waals surface area contributed by atoms with Crippen LogP contribution in [0.15, 0.2) is 18.2 Å². The quantitative estimate of drug-likeness (QED) is 0.698. The Balaban J connectivity index is 1.80. The number of hydrogen-bond donors (Lipinski definition) is 0. The Kier molecular flexibility index (Phi) is 4.82. The van der Waals surface area contributed by atoms with Gasteiger partial charge in [0.2, 0.25) is 5.60 Å². The number of benzene rings is 1. The summed E-state index contributed by atoms with van der Waals surface area (Å²) in [6, 6.07) is 6.15. The first kappa shape index (κ1) is 18.2. The van der Waals surface area contributed by atoms with E-state index in [1.807, 2.05) is 33.8 Å². The molecule has 1 aromatic rings. The molecule has 0 saturated heterocycles. The third-order valence-corrected chi connectivity index (χ3v) is 5.05. The zero-order chi connectivity index (χ0) is 18.2. The Morgan fingerprint density at radius 3 is 2.36 bits per heavy atom. The first-order chi connectivity index (χ1) is 11.7. The highest BCUT2D eigenvalue weighted by Crippen LogP contribution is 2.46. The first-order valence-corrected chi connectivity index (χ1v) is 9.36. The van der Waals surface area contributed by atoms with Crippen LogP contribution in [0.5, 0.6) is 5.75 Å². The highest BCUT2D eigenvalue weighted by Gasteiger charge is 2.55. The maximum atomic E-state index is 13.5. The van der Waals surface area contributed by atoms with E-state index >= 15 is 0 Å². The summed E-state index contributed by atoms with van der Waals surface area (Å²) in [6.45, 7) is 7.62. The fourth-order valence-corrected chi connectivity index (χ4v) is 3.47. The summed E-state index contributed by atoms with van der Waals surface area (Å²) in [6.07, 6.45) is 3.58. The van der Waals surface area contributed by atoms with Gasteiger partial charge >= 0.3 is 5.97 Å². The number of rotatable bonds is 4. The van der Waals surface area contributed by atoms with Crippen LogP contribution in [0.2, 0.25) is 0 Å². The van der Waals surface area contributed by atoms with Crippen LogP contribution < -0.4 is 4.74 Å². The van der Waals surface area contributed by atoms with E-state index in [2.05, 4.69) is 12.1 Å². The van der Waals surface area contributed by atoms with Gasteiger partial charge in [0.1, 0.15) is 17.5 Å². The van der Waals surface area contributed by atoms with Crippen molar-refractivity contribution in [2.75, 3.05) is 0 Å². The van der Waals surface area contributed by atoms with Gasteiger partial charge < -0.3 is 9.47 Å². The monoisotopic (exact) mass is 348 g/mol. The minimum absolute atomic E-state index is 0.278. The molecular weight excluding hydrogens is 319 g/mol. The predicted molar refractivity (Wildman–Crippen MR) is 95.7 cm³/mol. The van der Waals surface area contributed by atoms with Gasteiger partial charge in [-0.2, -0.15) is 0 Å². The highest BCUT2D eigenvalue weighted by molar-refractivity contribution is 5.83. The van der Waals surface area contributed by atoms with Crippen LogP contribution >= 0.6 is 0 Å². The maximum Gasteiger partial charge on any atom is 0.351 e. The summed E-state index contributed by atoms with van der Waals surface area (Å²) >= 11 is 0. The van der Waals surface area contributed by atoms with Crippen molar-refractivity contribution in [3.8, 4) is 5.75 Å². The average Bonchev–Trinajstić information content (AvgIpc) is 3.28. The molecule has 0 amide bonds. The number of aryl methyl sites for hydroxylation is 1. The summed E-state index contributed by atoms with van der Waals surface area (Å²) < 4.78 is 25.3. The largest absolute Gasteiger partial charge is 0.475 e. The normalized spacial score (nSPS) is 25.3. The molecule has 2 aliphatic carbocycles. The molecule has 25 heavy (non-hydrogen) atoms. The lowest BCUT2D eigenvalue weighted by molar-refractivity contribution is -0.165. The van der Waals surface area contributed by atoms with Gasteiger partial charge in [-0.3, -0.25) is 0 Å². The van der Waals surface area contributed by atoms with Gasteiger partial charge in [0, 0.05) is 12.8 Å². The van der Waals surface area contributed by atoms with Crippen molar-refractivity contribution in [3.05, 3.63) is 29.3 Å². The van der Waals surface area contributed by atoms with Crippen LogP contribution in [0.4, 0.5) is 4.39 Å². The van der Waals surface area contributed by atoms with E-state index in [4.69, 9.17) is 9.47 Å². The van der Waals surface area contributed by atoms with Gasteiger partial charge in [-0.25, -0.2) is 9.18 Å². The Bertz CT molecular complexity index is 635. The van der Waals surface area contributed by atoms with Gasteiger partial charge in [0.15, 0.2) is 0 Å². The van der Waals surface area contributed by atoms with Gasteiger partial charge in [-0.15, -0.1) is 0 Å². The molecule has 0 N–H and O–H groups in total. The van der Waals surface area contributed by atoms with Crippen molar-refractivity contribution in [2.24, 2.45) is 0 Å². The highest BCUT2D eigenvalue weighted by atomic mass is 19.1. The Hall–Kier alpha value is -1.58. The standard InChI is InChI=1S/C21H29FO3/c1-14-5-10-17(15-6-8-16(22)9-7-15)18(13-14)24-21(11-12-21)19(23)25-20(2,3)4/h5,10,13,15-16H,6-9,11-12H2,1-4H3. The molecule has 0 heterocycles. The Labute approximate surface area is 149 Å². The molecule has 3 nitrogen and oxygen atoms in total. The molecule has 0 radical (unpaired) electrons. The number of hydrogen-bond acceptors (Lipinski definition) is 3.